The SMILES string of the molecule is C[C@@H](Sc1nnc(SCc2ccccc2)n1N)C(=O)Nc1ccccc1C#N. The number of carbonyl (C=O) groups excluding carboxylic acids is 1. The molecular formula is C19H18N6OS2. The Morgan fingerprint density at radius 2 is 1.86 bits per heavy atom. The lowest BCUT2D eigenvalue weighted by molar-refractivity contribution is -0.115. The molecule has 2 aromatic carbocycles. The fraction of sp³-hybridized carbons (Fsp3) is 0.158. The average molecular weight is 411 g/mol. The quantitative estimate of drug-likeness (QED) is 0.454. The second-order valence-electron chi connectivity index (χ2n) is 5.82. The zero-order chi connectivity index (χ0) is 19.9. The number of rotatable bonds is 7. The van der Waals surface area contributed by atoms with Crippen LogP contribution in [0, 0.1) is 11.3 Å². The minimum Gasteiger partial charge on any atom is -0.335 e. The molecule has 3 aromatic rings. The van der Waals surface area contributed by atoms with Crippen LogP contribution in [0.15, 0.2) is 64.9 Å². The number of nitrogen functional groups attached to an aromatic ring is 1. The lowest BCUT2D eigenvalue weighted by atomic mass is 10.2. The second kappa shape index (κ2) is 9.30. The summed E-state index contributed by atoms with van der Waals surface area (Å²) in [6.45, 7) is 1.75. The average Bonchev–Trinajstić information content (AvgIpc) is 3.07. The number of benzene rings is 2. The van der Waals surface area contributed by atoms with E-state index in [1.54, 1.807) is 31.2 Å². The van der Waals surface area contributed by atoms with Crippen LogP contribution in [0.25, 0.3) is 0 Å². The van der Waals surface area contributed by atoms with Crippen molar-refractivity contribution in [2.75, 3.05) is 11.2 Å². The van der Waals surface area contributed by atoms with Gasteiger partial charge < -0.3 is 11.2 Å². The minimum absolute atomic E-state index is 0.241. The molecule has 1 amide bonds. The van der Waals surface area contributed by atoms with Gasteiger partial charge in [0.05, 0.1) is 16.5 Å². The molecule has 0 spiro atoms. The third-order valence-electron chi connectivity index (χ3n) is 3.80. The maximum absolute atomic E-state index is 12.5. The van der Waals surface area contributed by atoms with Gasteiger partial charge in [-0.2, -0.15) is 5.26 Å². The first-order valence-corrected chi connectivity index (χ1v) is 10.3. The van der Waals surface area contributed by atoms with Crippen LogP contribution in [0.3, 0.4) is 0 Å². The first-order valence-electron chi connectivity index (χ1n) is 8.42. The highest BCUT2D eigenvalue weighted by atomic mass is 32.2. The van der Waals surface area contributed by atoms with Gasteiger partial charge in [0.25, 0.3) is 0 Å². The molecule has 0 aliphatic rings. The number of para-hydroxylation sites is 1. The van der Waals surface area contributed by atoms with Crippen molar-refractivity contribution in [1.29, 1.82) is 5.26 Å². The Morgan fingerprint density at radius 3 is 2.61 bits per heavy atom. The first kappa shape index (κ1) is 19.8. The molecule has 0 saturated heterocycles. The summed E-state index contributed by atoms with van der Waals surface area (Å²) in [6.07, 6.45) is 0. The number of nitrogens with two attached hydrogens (primary N) is 1. The number of nitrogens with one attached hydrogen (secondary N) is 1. The number of carbonyl (C=O) groups is 1. The number of hydrogen-bond donors (Lipinski definition) is 2. The Balaban J connectivity index is 1.61. The van der Waals surface area contributed by atoms with Gasteiger partial charge in [0, 0.05) is 5.75 Å². The van der Waals surface area contributed by atoms with E-state index in [9.17, 15) is 4.79 Å². The van der Waals surface area contributed by atoms with E-state index < -0.39 is 5.25 Å². The smallest absolute Gasteiger partial charge is 0.237 e. The zero-order valence-corrected chi connectivity index (χ0v) is 16.7. The summed E-state index contributed by atoms with van der Waals surface area (Å²) in [5.41, 5.74) is 2.05. The van der Waals surface area contributed by atoms with Crippen LogP contribution in [0.4, 0.5) is 5.69 Å². The third kappa shape index (κ3) is 4.85. The van der Waals surface area contributed by atoms with Crippen molar-refractivity contribution in [3.63, 3.8) is 0 Å². The predicted molar refractivity (Wildman–Crippen MR) is 111 cm³/mol. The van der Waals surface area contributed by atoms with Crippen molar-refractivity contribution < 1.29 is 4.79 Å². The summed E-state index contributed by atoms with van der Waals surface area (Å²) in [6, 6.07) is 18.9. The number of aromatic nitrogens is 3. The van der Waals surface area contributed by atoms with Crippen molar-refractivity contribution >= 4 is 35.1 Å². The molecule has 0 unspecified atom stereocenters. The Labute approximate surface area is 171 Å². The van der Waals surface area contributed by atoms with Crippen LogP contribution in [0.1, 0.15) is 18.1 Å². The van der Waals surface area contributed by atoms with Crippen LogP contribution in [-0.2, 0) is 10.5 Å². The van der Waals surface area contributed by atoms with E-state index in [1.807, 2.05) is 30.3 Å². The van der Waals surface area contributed by atoms with E-state index in [1.165, 1.54) is 28.2 Å². The molecule has 0 aliphatic carbocycles. The fourth-order valence-electron chi connectivity index (χ4n) is 2.30. The summed E-state index contributed by atoms with van der Waals surface area (Å²) < 4.78 is 1.39. The number of nitriles is 1. The molecule has 0 saturated carbocycles. The van der Waals surface area contributed by atoms with Crippen molar-refractivity contribution in [3.05, 3.63) is 65.7 Å². The van der Waals surface area contributed by atoms with Crippen LogP contribution >= 0.6 is 23.5 Å². The molecule has 0 bridgehead atoms. The van der Waals surface area contributed by atoms with E-state index in [0.29, 0.717) is 21.6 Å². The molecule has 3 N–H and O–H groups in total. The molecule has 3 rings (SSSR count). The van der Waals surface area contributed by atoms with Gasteiger partial charge in [-0.15, -0.1) is 10.2 Å². The molecular weight excluding hydrogens is 392 g/mol. The highest BCUT2D eigenvalue weighted by Crippen LogP contribution is 2.27. The maximum atomic E-state index is 12.5. The lowest BCUT2D eigenvalue weighted by Gasteiger charge is -2.12. The molecule has 9 heteroatoms. The second-order valence-corrected chi connectivity index (χ2v) is 8.07. The van der Waals surface area contributed by atoms with Crippen LogP contribution in [0.5, 0.6) is 0 Å². The molecule has 1 heterocycles. The van der Waals surface area contributed by atoms with Gasteiger partial charge in [0.2, 0.25) is 16.2 Å². The van der Waals surface area contributed by atoms with E-state index in [2.05, 4.69) is 21.6 Å². The van der Waals surface area contributed by atoms with Crippen molar-refractivity contribution in [2.24, 2.45) is 0 Å². The summed E-state index contributed by atoms with van der Waals surface area (Å²) in [5, 5.41) is 20.7. The molecule has 7 nitrogen and oxygen atoms in total. The topological polar surface area (TPSA) is 110 Å². The number of nitrogens with zero attached hydrogens (tertiary/aromatic N) is 4. The van der Waals surface area contributed by atoms with E-state index in [0.717, 1.165) is 11.3 Å². The Bertz CT molecular complexity index is 999. The standard InChI is InChI=1S/C19H18N6OS2/c1-13(17(26)22-16-10-6-5-9-15(16)11-20)28-19-24-23-18(25(19)21)27-12-14-7-3-2-4-8-14/h2-10,13H,12,21H2,1H3,(H,22,26)/t13-/m1/s1. The molecule has 0 radical (unpaired) electrons. The van der Waals surface area contributed by atoms with Crippen molar-refractivity contribution in [1.82, 2.24) is 14.9 Å². The lowest BCUT2D eigenvalue weighted by Crippen LogP contribution is -2.24. The molecule has 0 fully saturated rings. The summed E-state index contributed by atoms with van der Waals surface area (Å²) in [4.78, 5) is 12.5. The van der Waals surface area contributed by atoms with Crippen LogP contribution in [-0.4, -0.2) is 26.0 Å². The third-order valence-corrected chi connectivity index (χ3v) is 5.87. The highest BCUT2D eigenvalue weighted by molar-refractivity contribution is 8.00. The predicted octanol–water partition coefficient (Wildman–Crippen LogP) is 3.28. The summed E-state index contributed by atoms with van der Waals surface area (Å²) in [7, 11) is 0. The normalized spacial score (nSPS) is 11.6. The molecule has 0 aliphatic heterocycles. The summed E-state index contributed by atoms with van der Waals surface area (Å²) in [5.74, 6) is 6.57. The Hall–Kier alpha value is -2.96. The Morgan fingerprint density at radius 1 is 1.18 bits per heavy atom. The van der Waals surface area contributed by atoms with Crippen molar-refractivity contribution in [2.45, 2.75) is 28.2 Å². The van der Waals surface area contributed by atoms with Crippen LogP contribution < -0.4 is 11.2 Å². The number of hydrogen-bond acceptors (Lipinski definition) is 7. The van der Waals surface area contributed by atoms with E-state index in [-0.39, 0.29) is 5.91 Å². The van der Waals surface area contributed by atoms with Crippen molar-refractivity contribution in [3.8, 4) is 6.07 Å². The van der Waals surface area contributed by atoms with Gasteiger partial charge in [-0.05, 0) is 24.6 Å². The molecule has 1 atom stereocenters. The zero-order valence-electron chi connectivity index (χ0n) is 15.1. The largest absolute Gasteiger partial charge is 0.335 e. The molecule has 142 valence electrons. The Kier molecular flexibility index (Phi) is 6.57. The van der Waals surface area contributed by atoms with Gasteiger partial charge in [-0.3, -0.25) is 4.79 Å². The van der Waals surface area contributed by atoms with Gasteiger partial charge in [-0.25, -0.2) is 4.68 Å². The van der Waals surface area contributed by atoms with Gasteiger partial charge >= 0.3 is 0 Å². The van der Waals surface area contributed by atoms with Crippen LogP contribution in [0.2, 0.25) is 0 Å². The minimum atomic E-state index is -0.467. The fourth-order valence-corrected chi connectivity index (χ4v) is 3.94. The van der Waals surface area contributed by atoms with Gasteiger partial charge in [-0.1, -0.05) is 66.0 Å². The van der Waals surface area contributed by atoms with E-state index in [4.69, 9.17) is 11.1 Å². The van der Waals surface area contributed by atoms with Gasteiger partial charge in [0.15, 0.2) is 0 Å². The first-order chi connectivity index (χ1) is 13.6. The number of thioether (sulfide) groups is 2. The van der Waals surface area contributed by atoms with Gasteiger partial charge in [0.1, 0.15) is 6.07 Å². The maximum Gasteiger partial charge on any atom is 0.237 e. The summed E-state index contributed by atoms with van der Waals surface area (Å²) >= 11 is 2.69. The number of amides is 1. The monoisotopic (exact) mass is 410 g/mol. The number of anilines is 1. The molecule has 1 aromatic heterocycles. The highest BCUT2D eigenvalue weighted by Gasteiger charge is 2.20. The van der Waals surface area contributed by atoms with E-state index >= 15 is 0 Å². The molecule has 28 heavy (non-hydrogen) atoms.